The molecule has 3 aliphatic rings. The van der Waals surface area contributed by atoms with Gasteiger partial charge in [0.05, 0.1) is 0 Å². The Morgan fingerprint density at radius 1 is 1.27 bits per heavy atom. The molecule has 1 saturated carbocycles. The molecule has 146 valence electrons. The average Bonchev–Trinajstić information content (AvgIpc) is 3.18. The zero-order valence-electron chi connectivity index (χ0n) is 16.2. The number of imide groups is 1. The van der Waals surface area contributed by atoms with E-state index in [1.807, 2.05) is 0 Å². The summed E-state index contributed by atoms with van der Waals surface area (Å²) in [4.78, 5) is 38.6. The van der Waals surface area contributed by atoms with Crippen LogP contribution in [0.4, 0.5) is 4.79 Å². The minimum Gasteiger partial charge on any atom is -0.350 e. The van der Waals surface area contributed by atoms with E-state index < -0.39 is 11.6 Å². The van der Waals surface area contributed by atoms with Gasteiger partial charge in [0.2, 0.25) is 5.91 Å². The molecule has 3 rings (SSSR count). The van der Waals surface area contributed by atoms with Crippen molar-refractivity contribution in [3.8, 4) is 0 Å². The number of nitrogens with one attached hydrogen (secondary N) is 3. The molecule has 1 unspecified atom stereocenters. The summed E-state index contributed by atoms with van der Waals surface area (Å²) in [6, 6.07) is -0.341. The van der Waals surface area contributed by atoms with Gasteiger partial charge in [-0.15, -0.1) is 0 Å². The van der Waals surface area contributed by atoms with Gasteiger partial charge in [0.25, 0.3) is 5.91 Å². The Balaban J connectivity index is 1.59. The maximum atomic E-state index is 12.9. The minimum atomic E-state index is -0.799. The SMILES string of the molecule is CCC(C)(C)C1CCC2(CC1)NC(=O)N(CC(=O)NC1CCNC1)C2=O. The van der Waals surface area contributed by atoms with Crippen LogP contribution in [-0.4, -0.2) is 54.0 Å². The van der Waals surface area contributed by atoms with Gasteiger partial charge in [-0.2, -0.15) is 0 Å². The lowest BCUT2D eigenvalue weighted by molar-refractivity contribution is -0.136. The molecule has 7 heteroatoms. The van der Waals surface area contributed by atoms with E-state index in [-0.39, 0.29) is 29.8 Å². The quantitative estimate of drug-likeness (QED) is 0.643. The Kier molecular flexibility index (Phi) is 5.28. The van der Waals surface area contributed by atoms with Crippen molar-refractivity contribution in [3.05, 3.63) is 0 Å². The van der Waals surface area contributed by atoms with Crippen LogP contribution in [0.2, 0.25) is 0 Å². The van der Waals surface area contributed by atoms with E-state index in [0.717, 1.165) is 43.7 Å². The predicted octanol–water partition coefficient (Wildman–Crippen LogP) is 1.38. The first-order valence-corrected chi connectivity index (χ1v) is 9.91. The summed E-state index contributed by atoms with van der Waals surface area (Å²) in [5.74, 6) is 0.0741. The molecule has 1 aliphatic carbocycles. The second-order valence-corrected chi connectivity index (χ2v) is 8.78. The van der Waals surface area contributed by atoms with E-state index in [4.69, 9.17) is 0 Å². The smallest absolute Gasteiger partial charge is 0.325 e. The molecule has 1 atom stereocenters. The number of rotatable bonds is 5. The van der Waals surface area contributed by atoms with Gasteiger partial charge in [0.1, 0.15) is 12.1 Å². The summed E-state index contributed by atoms with van der Waals surface area (Å²) in [5, 5.41) is 8.98. The highest BCUT2D eigenvalue weighted by Gasteiger charge is 2.53. The van der Waals surface area contributed by atoms with Crippen molar-refractivity contribution < 1.29 is 14.4 Å². The minimum absolute atomic E-state index is 0.0870. The molecule has 4 amide bonds. The number of carbonyl (C=O) groups excluding carboxylic acids is 3. The van der Waals surface area contributed by atoms with Gasteiger partial charge in [0.15, 0.2) is 0 Å². The predicted molar refractivity (Wildman–Crippen MR) is 98.4 cm³/mol. The van der Waals surface area contributed by atoms with Crippen molar-refractivity contribution >= 4 is 17.8 Å². The van der Waals surface area contributed by atoms with Gasteiger partial charge in [-0.1, -0.05) is 27.2 Å². The number of carbonyl (C=O) groups is 3. The number of hydrogen-bond acceptors (Lipinski definition) is 4. The molecule has 0 aromatic rings. The van der Waals surface area contributed by atoms with E-state index in [1.165, 1.54) is 0 Å². The van der Waals surface area contributed by atoms with Crippen LogP contribution >= 0.6 is 0 Å². The summed E-state index contributed by atoms with van der Waals surface area (Å²) in [6.45, 7) is 8.19. The Labute approximate surface area is 155 Å². The summed E-state index contributed by atoms with van der Waals surface area (Å²) in [5.41, 5.74) is -0.547. The van der Waals surface area contributed by atoms with Crippen LogP contribution in [0.5, 0.6) is 0 Å². The lowest BCUT2D eigenvalue weighted by Crippen LogP contribution is -2.51. The fraction of sp³-hybridized carbons (Fsp3) is 0.842. The summed E-state index contributed by atoms with van der Waals surface area (Å²) < 4.78 is 0. The molecule has 0 bridgehead atoms. The van der Waals surface area contributed by atoms with E-state index in [2.05, 4.69) is 36.7 Å². The van der Waals surface area contributed by atoms with Crippen molar-refractivity contribution in [2.24, 2.45) is 11.3 Å². The van der Waals surface area contributed by atoms with Crippen LogP contribution in [-0.2, 0) is 9.59 Å². The fourth-order valence-corrected chi connectivity index (χ4v) is 4.53. The van der Waals surface area contributed by atoms with Gasteiger partial charge in [-0.05, 0) is 50.0 Å². The van der Waals surface area contributed by atoms with Crippen molar-refractivity contribution in [1.29, 1.82) is 0 Å². The van der Waals surface area contributed by atoms with Crippen LogP contribution in [0.3, 0.4) is 0 Å². The van der Waals surface area contributed by atoms with Gasteiger partial charge < -0.3 is 16.0 Å². The molecule has 2 heterocycles. The highest BCUT2D eigenvalue weighted by atomic mass is 16.2. The third-order valence-electron chi connectivity index (χ3n) is 6.83. The van der Waals surface area contributed by atoms with E-state index >= 15 is 0 Å². The third kappa shape index (κ3) is 3.59. The Morgan fingerprint density at radius 2 is 1.96 bits per heavy atom. The fourth-order valence-electron chi connectivity index (χ4n) is 4.53. The number of hydrogen-bond donors (Lipinski definition) is 3. The van der Waals surface area contributed by atoms with E-state index in [0.29, 0.717) is 18.8 Å². The van der Waals surface area contributed by atoms with Crippen LogP contribution in [0.25, 0.3) is 0 Å². The van der Waals surface area contributed by atoms with Gasteiger partial charge in [-0.25, -0.2) is 4.79 Å². The maximum Gasteiger partial charge on any atom is 0.325 e. The molecular weight excluding hydrogens is 332 g/mol. The first kappa shape index (κ1) is 19.1. The van der Waals surface area contributed by atoms with Crippen LogP contribution < -0.4 is 16.0 Å². The number of amides is 4. The highest BCUT2D eigenvalue weighted by Crippen LogP contribution is 2.45. The summed E-state index contributed by atoms with van der Waals surface area (Å²) >= 11 is 0. The largest absolute Gasteiger partial charge is 0.350 e. The first-order valence-electron chi connectivity index (χ1n) is 9.91. The molecule has 0 radical (unpaired) electrons. The normalized spacial score (nSPS) is 32.2. The van der Waals surface area contributed by atoms with Gasteiger partial charge in [-0.3, -0.25) is 14.5 Å². The second kappa shape index (κ2) is 7.18. The van der Waals surface area contributed by atoms with Crippen molar-refractivity contribution in [2.45, 2.75) is 70.9 Å². The molecule has 2 saturated heterocycles. The average molecular weight is 364 g/mol. The number of urea groups is 1. The van der Waals surface area contributed by atoms with Crippen molar-refractivity contribution in [1.82, 2.24) is 20.9 Å². The van der Waals surface area contributed by atoms with Crippen LogP contribution in [0.15, 0.2) is 0 Å². The zero-order valence-corrected chi connectivity index (χ0v) is 16.2. The Morgan fingerprint density at radius 3 is 2.54 bits per heavy atom. The lowest BCUT2D eigenvalue weighted by atomic mass is 9.65. The van der Waals surface area contributed by atoms with Crippen LogP contribution in [0, 0.1) is 11.3 Å². The molecular formula is C19H32N4O3. The topological polar surface area (TPSA) is 90.5 Å². The van der Waals surface area contributed by atoms with Crippen molar-refractivity contribution in [3.63, 3.8) is 0 Å². The molecule has 0 aromatic heterocycles. The molecule has 2 aliphatic heterocycles. The number of nitrogens with zero attached hydrogens (tertiary/aromatic N) is 1. The van der Waals surface area contributed by atoms with Gasteiger partial charge >= 0.3 is 6.03 Å². The van der Waals surface area contributed by atoms with Crippen molar-refractivity contribution in [2.75, 3.05) is 19.6 Å². The molecule has 0 aromatic carbocycles. The summed E-state index contributed by atoms with van der Waals surface area (Å²) in [6.07, 6.45) is 5.17. The molecule has 3 N–H and O–H groups in total. The monoisotopic (exact) mass is 364 g/mol. The lowest BCUT2D eigenvalue weighted by Gasteiger charge is -2.42. The first-order chi connectivity index (χ1) is 12.3. The second-order valence-electron chi connectivity index (χ2n) is 8.78. The Bertz CT molecular complexity index is 575. The van der Waals surface area contributed by atoms with E-state index in [9.17, 15) is 14.4 Å². The zero-order chi connectivity index (χ0) is 18.9. The standard InChI is InChI=1S/C19H32N4O3/c1-4-18(2,3)13-5-8-19(9-6-13)16(25)23(17(26)22-19)12-15(24)21-14-7-10-20-11-14/h13-14,20H,4-12H2,1-3H3,(H,21,24)(H,22,26). The molecule has 3 fully saturated rings. The summed E-state index contributed by atoms with van der Waals surface area (Å²) in [7, 11) is 0. The van der Waals surface area contributed by atoms with Crippen LogP contribution in [0.1, 0.15) is 59.3 Å². The molecule has 26 heavy (non-hydrogen) atoms. The molecule has 1 spiro atoms. The van der Waals surface area contributed by atoms with Gasteiger partial charge in [0, 0.05) is 12.6 Å². The Hall–Kier alpha value is -1.63. The van der Waals surface area contributed by atoms with E-state index in [1.54, 1.807) is 0 Å². The third-order valence-corrected chi connectivity index (χ3v) is 6.83. The molecule has 7 nitrogen and oxygen atoms in total. The highest BCUT2D eigenvalue weighted by molar-refractivity contribution is 6.09. The maximum absolute atomic E-state index is 12.9.